The molecule has 5 nitrogen and oxygen atoms in total. The van der Waals surface area contributed by atoms with Gasteiger partial charge in [0.15, 0.2) is 0 Å². The summed E-state index contributed by atoms with van der Waals surface area (Å²) in [5.74, 6) is 0.774. The Kier molecular flexibility index (Phi) is 5.81. The molecule has 0 fully saturated rings. The molecule has 0 saturated heterocycles. The summed E-state index contributed by atoms with van der Waals surface area (Å²) >= 11 is 0. The first kappa shape index (κ1) is 18.3. The largest absolute Gasteiger partial charge is 0.308 e. The van der Waals surface area contributed by atoms with Gasteiger partial charge in [0.2, 0.25) is 0 Å². The van der Waals surface area contributed by atoms with Gasteiger partial charge >= 0.3 is 0 Å². The Labute approximate surface area is 154 Å². The van der Waals surface area contributed by atoms with Gasteiger partial charge in [0.25, 0.3) is 5.56 Å². The van der Waals surface area contributed by atoms with Gasteiger partial charge in [-0.3, -0.25) is 9.36 Å². The monoisotopic (exact) mass is 350 g/mol. The number of likely N-dealkylation sites (N-methyl/N-ethyl adjacent to an activating group) is 1. The van der Waals surface area contributed by atoms with Crippen LogP contribution < -0.4 is 10.9 Å². The molecule has 0 saturated carbocycles. The second-order valence-corrected chi connectivity index (χ2v) is 6.84. The summed E-state index contributed by atoms with van der Waals surface area (Å²) in [6.45, 7) is 4.35. The van der Waals surface area contributed by atoms with E-state index in [4.69, 9.17) is 4.98 Å². The van der Waals surface area contributed by atoms with E-state index in [-0.39, 0.29) is 11.6 Å². The van der Waals surface area contributed by atoms with Gasteiger partial charge in [0, 0.05) is 13.1 Å². The first-order valence-electron chi connectivity index (χ1n) is 8.98. The van der Waals surface area contributed by atoms with Gasteiger partial charge in [-0.05, 0) is 38.7 Å². The van der Waals surface area contributed by atoms with Crippen molar-refractivity contribution in [3.8, 4) is 0 Å². The van der Waals surface area contributed by atoms with Crippen LogP contribution in [0.5, 0.6) is 0 Å². The first-order chi connectivity index (χ1) is 12.6. The molecule has 1 aromatic heterocycles. The molecule has 0 radical (unpaired) electrons. The van der Waals surface area contributed by atoms with E-state index in [2.05, 4.69) is 17.1 Å². The molecular weight excluding hydrogens is 324 g/mol. The van der Waals surface area contributed by atoms with Crippen LogP contribution in [0.25, 0.3) is 10.9 Å². The van der Waals surface area contributed by atoms with Gasteiger partial charge in [-0.25, -0.2) is 4.98 Å². The molecule has 3 rings (SSSR count). The lowest BCUT2D eigenvalue weighted by molar-refractivity contribution is 0.383. The first-order valence-corrected chi connectivity index (χ1v) is 8.98. The summed E-state index contributed by atoms with van der Waals surface area (Å²) in [4.78, 5) is 20.1. The zero-order chi connectivity index (χ0) is 18.5. The van der Waals surface area contributed by atoms with Gasteiger partial charge in [-0.2, -0.15) is 0 Å². The van der Waals surface area contributed by atoms with Crippen molar-refractivity contribution in [3.05, 3.63) is 76.3 Å². The van der Waals surface area contributed by atoms with E-state index in [0.717, 1.165) is 30.0 Å². The Morgan fingerprint density at radius 3 is 2.50 bits per heavy atom. The molecule has 1 heterocycles. The summed E-state index contributed by atoms with van der Waals surface area (Å²) in [5, 5.41) is 4.14. The van der Waals surface area contributed by atoms with Gasteiger partial charge in [0.05, 0.1) is 23.5 Å². The molecule has 1 atom stereocenters. The Hall–Kier alpha value is -2.50. The van der Waals surface area contributed by atoms with Crippen molar-refractivity contribution in [2.75, 3.05) is 27.2 Å². The fraction of sp³-hybridized carbons (Fsp3) is 0.333. The molecule has 26 heavy (non-hydrogen) atoms. The number of aromatic nitrogens is 2. The summed E-state index contributed by atoms with van der Waals surface area (Å²) in [5.41, 5.74) is 1.85. The summed E-state index contributed by atoms with van der Waals surface area (Å²) in [7, 11) is 4.10. The molecule has 3 aromatic rings. The van der Waals surface area contributed by atoms with Gasteiger partial charge < -0.3 is 10.2 Å². The number of hydrogen-bond acceptors (Lipinski definition) is 4. The third-order valence-electron chi connectivity index (χ3n) is 4.47. The number of benzene rings is 2. The van der Waals surface area contributed by atoms with Gasteiger partial charge in [-0.15, -0.1) is 0 Å². The average molecular weight is 350 g/mol. The standard InChI is InChI=1S/C21H26N4O/c1-16(22-13-14-24(2)3)20-23-19-12-8-7-11-18(19)21(26)25(20)15-17-9-5-4-6-10-17/h4-12,16,22H,13-15H2,1-3H3. The highest BCUT2D eigenvalue weighted by Gasteiger charge is 2.16. The number of fused-ring (bicyclic) bond motifs is 1. The normalized spacial score (nSPS) is 12.6. The average Bonchev–Trinajstić information content (AvgIpc) is 2.64. The number of rotatable bonds is 7. The van der Waals surface area contributed by atoms with Crippen LogP contribution in [0, 0.1) is 0 Å². The van der Waals surface area contributed by atoms with Crippen LogP contribution in [0.4, 0.5) is 0 Å². The molecule has 0 amide bonds. The predicted octanol–water partition coefficient (Wildman–Crippen LogP) is 2.66. The van der Waals surface area contributed by atoms with Crippen LogP contribution in [-0.4, -0.2) is 41.6 Å². The topological polar surface area (TPSA) is 50.2 Å². The van der Waals surface area contributed by atoms with Crippen molar-refractivity contribution >= 4 is 10.9 Å². The fourth-order valence-electron chi connectivity index (χ4n) is 3.03. The van der Waals surface area contributed by atoms with E-state index in [1.54, 1.807) is 4.57 Å². The predicted molar refractivity (Wildman–Crippen MR) is 107 cm³/mol. The number of nitrogens with zero attached hydrogens (tertiary/aromatic N) is 3. The maximum absolute atomic E-state index is 13.1. The van der Waals surface area contributed by atoms with E-state index >= 15 is 0 Å². The minimum atomic E-state index is -0.0176. The van der Waals surface area contributed by atoms with Crippen LogP contribution in [0.3, 0.4) is 0 Å². The van der Waals surface area contributed by atoms with E-state index < -0.39 is 0 Å². The zero-order valence-electron chi connectivity index (χ0n) is 15.6. The third-order valence-corrected chi connectivity index (χ3v) is 4.47. The summed E-state index contributed by atoms with van der Waals surface area (Å²) in [6, 6.07) is 17.6. The van der Waals surface area contributed by atoms with Crippen LogP contribution in [0.1, 0.15) is 24.4 Å². The maximum Gasteiger partial charge on any atom is 0.261 e. The van der Waals surface area contributed by atoms with Crippen molar-refractivity contribution in [1.82, 2.24) is 19.8 Å². The Balaban J connectivity index is 2.01. The Bertz CT molecular complexity index is 918. The lowest BCUT2D eigenvalue weighted by atomic mass is 10.2. The van der Waals surface area contributed by atoms with Crippen molar-refractivity contribution in [3.63, 3.8) is 0 Å². The highest BCUT2D eigenvalue weighted by atomic mass is 16.1. The van der Waals surface area contributed by atoms with Crippen molar-refractivity contribution < 1.29 is 0 Å². The number of para-hydroxylation sites is 1. The van der Waals surface area contributed by atoms with Crippen molar-refractivity contribution in [2.24, 2.45) is 0 Å². The molecule has 0 aliphatic rings. The lowest BCUT2D eigenvalue weighted by Gasteiger charge is -2.20. The summed E-state index contributed by atoms with van der Waals surface area (Å²) in [6.07, 6.45) is 0. The molecule has 1 unspecified atom stereocenters. The SMILES string of the molecule is CC(NCCN(C)C)c1nc2ccccc2c(=O)n1Cc1ccccc1. The molecule has 5 heteroatoms. The second kappa shape index (κ2) is 8.25. The highest BCUT2D eigenvalue weighted by molar-refractivity contribution is 5.77. The van der Waals surface area contributed by atoms with Gasteiger partial charge in [0.1, 0.15) is 5.82 Å². The summed E-state index contributed by atoms with van der Waals surface area (Å²) < 4.78 is 1.80. The van der Waals surface area contributed by atoms with Crippen LogP contribution in [0.2, 0.25) is 0 Å². The second-order valence-electron chi connectivity index (χ2n) is 6.84. The van der Waals surface area contributed by atoms with E-state index in [0.29, 0.717) is 11.9 Å². The van der Waals surface area contributed by atoms with Crippen molar-refractivity contribution in [2.45, 2.75) is 19.5 Å². The zero-order valence-corrected chi connectivity index (χ0v) is 15.6. The van der Waals surface area contributed by atoms with E-state index in [1.807, 2.05) is 68.7 Å². The Morgan fingerprint density at radius 1 is 1.08 bits per heavy atom. The third kappa shape index (κ3) is 4.18. The molecule has 0 aliphatic heterocycles. The minimum absolute atomic E-state index is 0.00992. The quantitative estimate of drug-likeness (QED) is 0.712. The molecule has 2 aromatic carbocycles. The number of nitrogens with one attached hydrogen (secondary N) is 1. The van der Waals surface area contributed by atoms with Crippen LogP contribution in [0.15, 0.2) is 59.4 Å². The molecule has 0 aliphatic carbocycles. The van der Waals surface area contributed by atoms with Gasteiger partial charge in [-0.1, -0.05) is 42.5 Å². The maximum atomic E-state index is 13.1. The molecule has 0 bridgehead atoms. The molecular formula is C21H26N4O. The minimum Gasteiger partial charge on any atom is -0.308 e. The molecule has 136 valence electrons. The van der Waals surface area contributed by atoms with Crippen LogP contribution in [-0.2, 0) is 6.54 Å². The molecule has 0 spiro atoms. The van der Waals surface area contributed by atoms with E-state index in [1.165, 1.54) is 0 Å². The lowest BCUT2D eigenvalue weighted by Crippen LogP contribution is -2.34. The Morgan fingerprint density at radius 2 is 1.77 bits per heavy atom. The fourth-order valence-corrected chi connectivity index (χ4v) is 3.03. The van der Waals surface area contributed by atoms with Crippen molar-refractivity contribution in [1.29, 1.82) is 0 Å². The van der Waals surface area contributed by atoms with Crippen LogP contribution >= 0.6 is 0 Å². The smallest absolute Gasteiger partial charge is 0.261 e. The molecule has 1 N–H and O–H groups in total. The van der Waals surface area contributed by atoms with E-state index in [9.17, 15) is 4.79 Å². The number of hydrogen-bond donors (Lipinski definition) is 1. The highest BCUT2D eigenvalue weighted by Crippen LogP contribution is 2.15.